The molecule has 40 heavy (non-hydrogen) atoms. The first-order valence-electron chi connectivity index (χ1n) is 13.9. The Balaban J connectivity index is 1.18. The molecule has 0 spiro atoms. The molecule has 0 amide bonds. The lowest BCUT2D eigenvalue weighted by atomic mass is 9.93. The van der Waals surface area contributed by atoms with Crippen LogP contribution in [0.3, 0.4) is 0 Å². The van der Waals surface area contributed by atoms with E-state index >= 15 is 0 Å². The van der Waals surface area contributed by atoms with Crippen LogP contribution in [0.2, 0.25) is 0 Å². The summed E-state index contributed by atoms with van der Waals surface area (Å²) < 4.78 is 0. The third kappa shape index (κ3) is 3.69. The van der Waals surface area contributed by atoms with Gasteiger partial charge in [-0.2, -0.15) is 0 Å². The van der Waals surface area contributed by atoms with Gasteiger partial charge in [0.05, 0.1) is 0 Å². The maximum atomic E-state index is 2.37. The van der Waals surface area contributed by atoms with Crippen molar-refractivity contribution >= 4 is 10.8 Å². The fourth-order valence-electron chi connectivity index (χ4n) is 6.25. The molecular weight excluding hydrogens is 480 g/mol. The molecule has 7 aromatic rings. The zero-order valence-corrected chi connectivity index (χ0v) is 22.0. The molecule has 0 aromatic heterocycles. The average Bonchev–Trinajstić information content (AvgIpc) is 3.37. The van der Waals surface area contributed by atoms with Crippen LogP contribution < -0.4 is 0 Å². The molecule has 186 valence electrons. The SMILES string of the molecule is c1ccc(-c2ccc(-c3ccc4c(c3)-c3cccc5c(-c6ccc(-c7ccccc7)cc6)ccc-4c35)cc2)cc1. The standard InChI is InChI=1S/C40H26/c1-3-8-27(9-4-1)29-14-16-31(17-15-29)33-22-23-35-38-25-24-34(36-12-7-13-37(40(36)38)39(35)26-33)32-20-18-30(19-21-32)28-10-5-2-6-11-28/h1-26H. The van der Waals surface area contributed by atoms with E-state index in [1.807, 2.05) is 0 Å². The van der Waals surface area contributed by atoms with Gasteiger partial charge >= 0.3 is 0 Å². The topological polar surface area (TPSA) is 0 Å². The second-order valence-electron chi connectivity index (χ2n) is 10.5. The summed E-state index contributed by atoms with van der Waals surface area (Å²) >= 11 is 0. The van der Waals surface area contributed by atoms with E-state index in [4.69, 9.17) is 0 Å². The van der Waals surface area contributed by atoms with Crippen molar-refractivity contribution in [1.82, 2.24) is 0 Å². The summed E-state index contributed by atoms with van der Waals surface area (Å²) in [4.78, 5) is 0. The Morgan fingerprint density at radius 2 is 0.675 bits per heavy atom. The molecule has 8 rings (SSSR count). The van der Waals surface area contributed by atoms with Gasteiger partial charge in [0, 0.05) is 0 Å². The summed E-state index contributed by atoms with van der Waals surface area (Å²) in [6, 6.07) is 57.4. The van der Waals surface area contributed by atoms with E-state index in [1.165, 1.54) is 77.5 Å². The molecule has 0 atom stereocenters. The number of hydrogen-bond acceptors (Lipinski definition) is 0. The fraction of sp³-hybridized carbons (Fsp3) is 0. The van der Waals surface area contributed by atoms with Crippen LogP contribution in [0.1, 0.15) is 0 Å². The minimum absolute atomic E-state index is 1.24. The van der Waals surface area contributed by atoms with Crippen molar-refractivity contribution in [2.75, 3.05) is 0 Å². The summed E-state index contributed by atoms with van der Waals surface area (Å²) in [5.41, 5.74) is 15.3. The first kappa shape index (κ1) is 22.8. The van der Waals surface area contributed by atoms with Crippen molar-refractivity contribution < 1.29 is 0 Å². The fourth-order valence-corrected chi connectivity index (χ4v) is 6.25. The van der Waals surface area contributed by atoms with Crippen molar-refractivity contribution in [3.05, 3.63) is 158 Å². The molecule has 0 saturated carbocycles. The van der Waals surface area contributed by atoms with Crippen LogP contribution in [-0.4, -0.2) is 0 Å². The van der Waals surface area contributed by atoms with E-state index < -0.39 is 0 Å². The van der Waals surface area contributed by atoms with E-state index in [1.54, 1.807) is 0 Å². The third-order valence-electron chi connectivity index (χ3n) is 8.27. The zero-order chi connectivity index (χ0) is 26.5. The lowest BCUT2D eigenvalue weighted by Gasteiger charge is -2.10. The number of benzene rings is 7. The van der Waals surface area contributed by atoms with Crippen molar-refractivity contribution in [1.29, 1.82) is 0 Å². The first-order valence-corrected chi connectivity index (χ1v) is 13.9. The predicted molar refractivity (Wildman–Crippen MR) is 170 cm³/mol. The van der Waals surface area contributed by atoms with Gasteiger partial charge in [0.2, 0.25) is 0 Å². The lowest BCUT2D eigenvalue weighted by Crippen LogP contribution is -1.84. The van der Waals surface area contributed by atoms with E-state index in [9.17, 15) is 0 Å². The normalized spacial score (nSPS) is 11.5. The van der Waals surface area contributed by atoms with Crippen molar-refractivity contribution in [2.45, 2.75) is 0 Å². The molecule has 0 nitrogen and oxygen atoms in total. The second kappa shape index (κ2) is 9.22. The van der Waals surface area contributed by atoms with Gasteiger partial charge in [0.1, 0.15) is 0 Å². The smallest absolute Gasteiger partial charge is 0.00201 e. The quantitative estimate of drug-likeness (QED) is 0.223. The number of fused-ring (bicyclic) bond motifs is 3. The van der Waals surface area contributed by atoms with Gasteiger partial charge in [-0.3, -0.25) is 0 Å². The van der Waals surface area contributed by atoms with Gasteiger partial charge in [-0.1, -0.05) is 152 Å². The van der Waals surface area contributed by atoms with E-state index in [0.717, 1.165) is 0 Å². The van der Waals surface area contributed by atoms with Gasteiger partial charge < -0.3 is 0 Å². The second-order valence-corrected chi connectivity index (χ2v) is 10.5. The summed E-state index contributed by atoms with van der Waals surface area (Å²) in [5.74, 6) is 0. The molecule has 0 bridgehead atoms. The maximum absolute atomic E-state index is 2.37. The highest BCUT2D eigenvalue weighted by Crippen LogP contribution is 2.50. The molecule has 1 aliphatic carbocycles. The van der Waals surface area contributed by atoms with Crippen LogP contribution in [0, 0.1) is 0 Å². The highest BCUT2D eigenvalue weighted by molar-refractivity contribution is 6.19. The molecule has 0 saturated heterocycles. The van der Waals surface area contributed by atoms with Crippen LogP contribution in [0.25, 0.3) is 77.5 Å². The summed E-state index contributed by atoms with van der Waals surface area (Å²) in [6.07, 6.45) is 0. The average molecular weight is 507 g/mol. The van der Waals surface area contributed by atoms with Gasteiger partial charge in [-0.05, 0) is 83.6 Å². The number of hydrogen-bond donors (Lipinski definition) is 0. The minimum Gasteiger partial charge on any atom is -0.0622 e. The van der Waals surface area contributed by atoms with Crippen LogP contribution in [0.15, 0.2) is 158 Å². The monoisotopic (exact) mass is 506 g/mol. The predicted octanol–water partition coefficient (Wildman–Crippen LogP) is 11.2. The van der Waals surface area contributed by atoms with Crippen LogP contribution >= 0.6 is 0 Å². The van der Waals surface area contributed by atoms with Gasteiger partial charge in [0.25, 0.3) is 0 Å². The molecule has 0 unspecified atom stereocenters. The molecule has 0 heterocycles. The lowest BCUT2D eigenvalue weighted by molar-refractivity contribution is 1.59. The van der Waals surface area contributed by atoms with Gasteiger partial charge in [0.15, 0.2) is 0 Å². The van der Waals surface area contributed by atoms with Gasteiger partial charge in [-0.15, -0.1) is 0 Å². The van der Waals surface area contributed by atoms with Crippen molar-refractivity contribution in [3.63, 3.8) is 0 Å². The molecular formula is C40H26. The Morgan fingerprint density at radius 3 is 1.30 bits per heavy atom. The highest BCUT2D eigenvalue weighted by atomic mass is 14.3. The summed E-state index contributed by atoms with van der Waals surface area (Å²) in [5, 5.41) is 2.67. The minimum atomic E-state index is 1.24. The highest BCUT2D eigenvalue weighted by Gasteiger charge is 2.23. The number of rotatable bonds is 4. The van der Waals surface area contributed by atoms with E-state index in [-0.39, 0.29) is 0 Å². The molecule has 1 aliphatic rings. The molecule has 0 radical (unpaired) electrons. The Morgan fingerprint density at radius 1 is 0.225 bits per heavy atom. The van der Waals surface area contributed by atoms with E-state index in [2.05, 4.69) is 158 Å². The van der Waals surface area contributed by atoms with E-state index in [0.29, 0.717) is 0 Å². The van der Waals surface area contributed by atoms with Crippen LogP contribution in [0.5, 0.6) is 0 Å². The Hall–Kier alpha value is -5.20. The largest absolute Gasteiger partial charge is 0.0622 e. The van der Waals surface area contributed by atoms with Crippen LogP contribution in [-0.2, 0) is 0 Å². The van der Waals surface area contributed by atoms with Crippen molar-refractivity contribution in [2.24, 2.45) is 0 Å². The molecule has 0 aliphatic heterocycles. The third-order valence-corrected chi connectivity index (χ3v) is 8.27. The summed E-state index contributed by atoms with van der Waals surface area (Å²) in [7, 11) is 0. The Bertz CT molecular complexity index is 2000. The molecule has 0 heteroatoms. The zero-order valence-electron chi connectivity index (χ0n) is 22.0. The molecule has 7 aromatic carbocycles. The Kier molecular flexibility index (Phi) is 5.24. The maximum Gasteiger partial charge on any atom is -0.00201 e. The van der Waals surface area contributed by atoms with Gasteiger partial charge in [-0.25, -0.2) is 0 Å². The summed E-state index contributed by atoms with van der Waals surface area (Å²) in [6.45, 7) is 0. The first-order chi connectivity index (χ1) is 19.8. The molecule has 0 fully saturated rings. The van der Waals surface area contributed by atoms with Crippen LogP contribution in [0.4, 0.5) is 0 Å². The van der Waals surface area contributed by atoms with Crippen molar-refractivity contribution in [3.8, 4) is 66.8 Å². The Labute approximate surface area is 234 Å². The molecule has 0 N–H and O–H groups in total.